The minimum absolute atomic E-state index is 0.882. The van der Waals surface area contributed by atoms with Crippen molar-refractivity contribution in [2.75, 3.05) is 13.1 Å². The molecule has 0 radical (unpaired) electrons. The lowest BCUT2D eigenvalue weighted by atomic mass is 10.1. The van der Waals surface area contributed by atoms with E-state index in [0.717, 1.165) is 48.5 Å². The number of hydrogen-bond donors (Lipinski definition) is 1. The number of thiophene rings is 1. The van der Waals surface area contributed by atoms with Crippen LogP contribution in [-0.2, 0) is 6.54 Å². The lowest BCUT2D eigenvalue weighted by Gasteiger charge is -2.21. The molecule has 0 bridgehead atoms. The molecule has 1 N–H and O–H groups in total. The second-order valence-electron chi connectivity index (χ2n) is 5.77. The Kier molecular flexibility index (Phi) is 4.09. The lowest BCUT2D eigenvalue weighted by Crippen LogP contribution is -2.27. The first kappa shape index (κ1) is 14.4. The lowest BCUT2D eigenvalue weighted by molar-refractivity contribution is 0.284. The zero-order chi connectivity index (χ0) is 15.5. The van der Waals surface area contributed by atoms with E-state index in [4.69, 9.17) is 4.98 Å². The highest BCUT2D eigenvalue weighted by molar-refractivity contribution is 7.10. The van der Waals surface area contributed by atoms with Gasteiger partial charge in [0.2, 0.25) is 0 Å². The topological polar surface area (TPSA) is 31.9 Å². The molecule has 1 aromatic carbocycles. The van der Waals surface area contributed by atoms with Gasteiger partial charge < -0.3 is 4.98 Å². The first-order chi connectivity index (χ1) is 11.4. The van der Waals surface area contributed by atoms with Gasteiger partial charge in [-0.15, -0.1) is 11.3 Å². The number of fused-ring (bicyclic) bond motifs is 1. The number of aromatic nitrogens is 2. The van der Waals surface area contributed by atoms with E-state index in [0.29, 0.717) is 0 Å². The molecule has 2 aromatic heterocycles. The predicted octanol–water partition coefficient (Wildman–Crippen LogP) is 4.56. The Morgan fingerprint density at radius 1 is 1.17 bits per heavy atom. The number of para-hydroxylation sites is 1. The smallest absolute Gasteiger partial charge is 0.121 e. The first-order valence-electron chi connectivity index (χ1n) is 7.95. The van der Waals surface area contributed by atoms with E-state index in [-0.39, 0.29) is 0 Å². The monoisotopic (exact) mass is 321 g/mol. The SMILES string of the molecule is C1=CCN(Cc2nc3c(C=Cc4cccs4)cccc3[nH]2)CC1. The molecule has 3 aromatic rings. The largest absolute Gasteiger partial charge is 0.341 e. The van der Waals surface area contributed by atoms with E-state index < -0.39 is 0 Å². The summed E-state index contributed by atoms with van der Waals surface area (Å²) in [4.78, 5) is 12.0. The molecule has 0 spiro atoms. The maximum absolute atomic E-state index is 4.84. The third-order valence-electron chi connectivity index (χ3n) is 4.08. The Bertz CT molecular complexity index is 843. The normalized spacial score (nSPS) is 15.8. The van der Waals surface area contributed by atoms with Gasteiger partial charge >= 0.3 is 0 Å². The second-order valence-corrected chi connectivity index (χ2v) is 6.75. The molecule has 116 valence electrons. The van der Waals surface area contributed by atoms with Crippen molar-refractivity contribution in [3.8, 4) is 0 Å². The van der Waals surface area contributed by atoms with Gasteiger partial charge in [-0.1, -0.05) is 36.4 Å². The number of imidazole rings is 1. The molecule has 0 unspecified atom stereocenters. The summed E-state index contributed by atoms with van der Waals surface area (Å²) in [5.74, 6) is 1.05. The summed E-state index contributed by atoms with van der Waals surface area (Å²) in [5, 5.41) is 2.10. The standard InChI is InChI=1S/C19H19N3S/c1-2-11-22(12-3-1)14-18-20-17-8-4-6-15(19(17)21-18)9-10-16-7-5-13-23-16/h1-2,4-10,13H,3,11-12,14H2,(H,20,21). The van der Waals surface area contributed by atoms with E-state index in [2.05, 4.69) is 69.9 Å². The molecule has 4 rings (SSSR count). The average Bonchev–Trinajstić information content (AvgIpc) is 3.23. The maximum Gasteiger partial charge on any atom is 0.121 e. The zero-order valence-electron chi connectivity index (χ0n) is 12.9. The van der Waals surface area contributed by atoms with Crippen LogP contribution >= 0.6 is 11.3 Å². The zero-order valence-corrected chi connectivity index (χ0v) is 13.7. The van der Waals surface area contributed by atoms with Crippen LogP contribution in [0.2, 0.25) is 0 Å². The number of hydrogen-bond acceptors (Lipinski definition) is 3. The number of nitrogens with zero attached hydrogens (tertiary/aromatic N) is 2. The summed E-state index contributed by atoms with van der Waals surface area (Å²) in [6.45, 7) is 3.01. The van der Waals surface area contributed by atoms with E-state index in [1.807, 2.05) is 0 Å². The number of benzene rings is 1. The van der Waals surface area contributed by atoms with Crippen molar-refractivity contribution in [1.29, 1.82) is 0 Å². The Labute approximate surface area is 140 Å². The van der Waals surface area contributed by atoms with Crippen molar-refractivity contribution in [1.82, 2.24) is 14.9 Å². The molecule has 0 fully saturated rings. The summed E-state index contributed by atoms with van der Waals surface area (Å²) in [6.07, 6.45) is 9.94. The van der Waals surface area contributed by atoms with Gasteiger partial charge in [-0.05, 0) is 30.0 Å². The molecule has 0 saturated heterocycles. The fraction of sp³-hybridized carbons (Fsp3) is 0.211. The molecule has 23 heavy (non-hydrogen) atoms. The molecule has 1 aliphatic rings. The number of aromatic amines is 1. The van der Waals surface area contributed by atoms with Crippen molar-refractivity contribution in [2.45, 2.75) is 13.0 Å². The molecule has 0 atom stereocenters. The minimum Gasteiger partial charge on any atom is -0.341 e. The van der Waals surface area contributed by atoms with Crippen LogP contribution in [0.5, 0.6) is 0 Å². The van der Waals surface area contributed by atoms with Crippen molar-refractivity contribution >= 4 is 34.5 Å². The predicted molar refractivity (Wildman–Crippen MR) is 98.4 cm³/mol. The number of nitrogens with one attached hydrogen (secondary N) is 1. The quantitative estimate of drug-likeness (QED) is 0.715. The Morgan fingerprint density at radius 2 is 2.17 bits per heavy atom. The van der Waals surface area contributed by atoms with Gasteiger partial charge in [-0.3, -0.25) is 4.90 Å². The van der Waals surface area contributed by atoms with E-state index >= 15 is 0 Å². The van der Waals surface area contributed by atoms with Crippen LogP contribution in [0.4, 0.5) is 0 Å². The number of H-pyrrole nitrogens is 1. The van der Waals surface area contributed by atoms with Crippen molar-refractivity contribution in [3.63, 3.8) is 0 Å². The summed E-state index contributed by atoms with van der Waals surface area (Å²) >= 11 is 1.75. The van der Waals surface area contributed by atoms with Crippen LogP contribution in [0.1, 0.15) is 22.7 Å². The van der Waals surface area contributed by atoms with E-state index in [9.17, 15) is 0 Å². The summed E-state index contributed by atoms with van der Waals surface area (Å²) in [6, 6.07) is 10.5. The Hall–Kier alpha value is -2.17. The van der Waals surface area contributed by atoms with Crippen LogP contribution in [0.15, 0.2) is 47.9 Å². The second kappa shape index (κ2) is 6.52. The maximum atomic E-state index is 4.84. The van der Waals surface area contributed by atoms with Crippen LogP contribution in [0, 0.1) is 0 Å². The molecular formula is C19H19N3S. The fourth-order valence-corrected chi connectivity index (χ4v) is 3.54. The van der Waals surface area contributed by atoms with Crippen molar-refractivity contribution in [3.05, 3.63) is 64.1 Å². The van der Waals surface area contributed by atoms with Crippen molar-refractivity contribution in [2.24, 2.45) is 0 Å². The minimum atomic E-state index is 0.882. The Morgan fingerprint density at radius 3 is 3.00 bits per heavy atom. The Balaban J connectivity index is 1.60. The summed E-state index contributed by atoms with van der Waals surface area (Å²) in [7, 11) is 0. The van der Waals surface area contributed by atoms with Gasteiger partial charge in [-0.25, -0.2) is 4.98 Å². The number of rotatable bonds is 4. The van der Waals surface area contributed by atoms with Crippen LogP contribution in [-0.4, -0.2) is 28.0 Å². The molecule has 3 heterocycles. The molecule has 3 nitrogen and oxygen atoms in total. The highest BCUT2D eigenvalue weighted by atomic mass is 32.1. The van der Waals surface area contributed by atoms with Crippen LogP contribution in [0.25, 0.3) is 23.2 Å². The van der Waals surface area contributed by atoms with Crippen LogP contribution in [0.3, 0.4) is 0 Å². The molecule has 0 aliphatic carbocycles. The van der Waals surface area contributed by atoms with E-state index in [1.54, 1.807) is 11.3 Å². The van der Waals surface area contributed by atoms with Gasteiger partial charge in [0.05, 0.1) is 17.6 Å². The molecule has 1 aliphatic heterocycles. The molecule has 4 heteroatoms. The third kappa shape index (κ3) is 3.28. The van der Waals surface area contributed by atoms with Gasteiger partial charge in [0.1, 0.15) is 5.82 Å². The van der Waals surface area contributed by atoms with Gasteiger partial charge in [-0.2, -0.15) is 0 Å². The van der Waals surface area contributed by atoms with Crippen molar-refractivity contribution < 1.29 is 0 Å². The summed E-state index contributed by atoms with van der Waals surface area (Å²) < 4.78 is 0. The van der Waals surface area contributed by atoms with Gasteiger partial charge in [0.15, 0.2) is 0 Å². The third-order valence-corrected chi connectivity index (χ3v) is 4.92. The molecule has 0 amide bonds. The molecule has 0 saturated carbocycles. The average molecular weight is 321 g/mol. The summed E-state index contributed by atoms with van der Waals surface area (Å²) in [5.41, 5.74) is 3.33. The van der Waals surface area contributed by atoms with Gasteiger partial charge in [0.25, 0.3) is 0 Å². The van der Waals surface area contributed by atoms with E-state index in [1.165, 1.54) is 4.88 Å². The fourth-order valence-electron chi connectivity index (χ4n) is 2.92. The molecular weight excluding hydrogens is 302 g/mol. The highest BCUT2D eigenvalue weighted by Gasteiger charge is 2.11. The first-order valence-corrected chi connectivity index (χ1v) is 8.83. The van der Waals surface area contributed by atoms with Crippen LogP contribution < -0.4 is 0 Å². The van der Waals surface area contributed by atoms with Gasteiger partial charge in [0, 0.05) is 23.5 Å². The highest BCUT2D eigenvalue weighted by Crippen LogP contribution is 2.21.